The second-order valence-corrected chi connectivity index (χ2v) is 8.19. The Morgan fingerprint density at radius 2 is 2.00 bits per heavy atom. The Hall–Kier alpha value is -0.763. The highest BCUT2D eigenvalue weighted by Gasteiger charge is 2.29. The van der Waals surface area contributed by atoms with E-state index < -0.39 is 8.32 Å². The van der Waals surface area contributed by atoms with Crippen LogP contribution in [0.15, 0.2) is 24.3 Å². The number of para-hydroxylation sites is 1. The molecule has 0 fully saturated rings. The zero-order chi connectivity index (χ0) is 8.60. The van der Waals surface area contributed by atoms with Crippen LogP contribution in [-0.2, 0) is 6.42 Å². The Kier molecular flexibility index (Phi) is 1.72. The maximum atomic E-state index is 5.96. The Morgan fingerprint density at radius 1 is 1.25 bits per heavy atom. The van der Waals surface area contributed by atoms with Crippen molar-refractivity contribution in [1.29, 1.82) is 0 Å². The lowest BCUT2D eigenvalue weighted by molar-refractivity contribution is 0.521. The summed E-state index contributed by atoms with van der Waals surface area (Å²) in [6, 6.07) is 9.64. The van der Waals surface area contributed by atoms with Crippen LogP contribution < -0.4 is 4.43 Å². The Morgan fingerprint density at radius 3 is 2.83 bits per heavy atom. The highest BCUT2D eigenvalue weighted by Crippen LogP contribution is 2.30. The fourth-order valence-corrected chi connectivity index (χ4v) is 3.36. The maximum absolute atomic E-state index is 5.96. The fourth-order valence-electron chi connectivity index (χ4n) is 1.59. The van der Waals surface area contributed by atoms with Crippen LogP contribution in [0.25, 0.3) is 0 Å². The predicted molar refractivity (Wildman–Crippen MR) is 53.1 cm³/mol. The summed E-state index contributed by atoms with van der Waals surface area (Å²) in [7, 11) is -1.34. The van der Waals surface area contributed by atoms with Crippen molar-refractivity contribution in [1.82, 2.24) is 0 Å². The minimum absolute atomic E-state index is 1.13. The van der Waals surface area contributed by atoms with Gasteiger partial charge >= 0.3 is 0 Å². The van der Waals surface area contributed by atoms with Gasteiger partial charge in [-0.15, -0.1) is 0 Å². The molecule has 12 heavy (non-hydrogen) atoms. The second kappa shape index (κ2) is 2.63. The van der Waals surface area contributed by atoms with Crippen LogP contribution in [0.4, 0.5) is 0 Å². The first-order valence-electron chi connectivity index (χ1n) is 4.44. The van der Waals surface area contributed by atoms with Gasteiger partial charge in [0.15, 0.2) is 0 Å². The molecular weight excluding hydrogens is 164 g/mol. The summed E-state index contributed by atoms with van der Waals surface area (Å²) in [6.45, 7) is 4.56. The lowest BCUT2D eigenvalue weighted by Gasteiger charge is -2.30. The molecule has 1 aromatic carbocycles. The predicted octanol–water partition coefficient (Wildman–Crippen LogP) is 2.83. The van der Waals surface area contributed by atoms with Gasteiger partial charge in [0.1, 0.15) is 5.75 Å². The van der Waals surface area contributed by atoms with Crippen molar-refractivity contribution in [3.63, 3.8) is 0 Å². The SMILES string of the molecule is C[Si]1(C)CCc2ccccc2O1. The number of hydrogen-bond donors (Lipinski definition) is 0. The van der Waals surface area contributed by atoms with E-state index in [2.05, 4.69) is 37.4 Å². The van der Waals surface area contributed by atoms with Gasteiger partial charge in [-0.3, -0.25) is 0 Å². The van der Waals surface area contributed by atoms with E-state index in [1.807, 2.05) is 0 Å². The standard InChI is InChI=1S/C10H14OSi/c1-12(2)8-7-9-5-3-4-6-10(9)11-12/h3-6H,7-8H2,1-2H3. The summed E-state index contributed by atoms with van der Waals surface area (Å²) in [4.78, 5) is 0. The molecule has 1 aliphatic heterocycles. The summed E-state index contributed by atoms with van der Waals surface area (Å²) >= 11 is 0. The Bertz CT molecular complexity index is 294. The van der Waals surface area contributed by atoms with Crippen molar-refractivity contribution in [3.05, 3.63) is 29.8 Å². The van der Waals surface area contributed by atoms with E-state index >= 15 is 0 Å². The first-order chi connectivity index (χ1) is 5.67. The third-order valence-electron chi connectivity index (χ3n) is 2.36. The van der Waals surface area contributed by atoms with Crippen molar-refractivity contribution in [3.8, 4) is 5.75 Å². The van der Waals surface area contributed by atoms with Gasteiger partial charge in [-0.25, -0.2) is 0 Å². The van der Waals surface area contributed by atoms with E-state index in [4.69, 9.17) is 4.43 Å². The van der Waals surface area contributed by atoms with Crippen LogP contribution >= 0.6 is 0 Å². The van der Waals surface area contributed by atoms with E-state index in [-0.39, 0.29) is 0 Å². The molecule has 2 rings (SSSR count). The van der Waals surface area contributed by atoms with Crippen molar-refractivity contribution in [2.75, 3.05) is 0 Å². The third kappa shape index (κ3) is 1.39. The van der Waals surface area contributed by atoms with Crippen LogP contribution in [0.5, 0.6) is 5.75 Å². The molecule has 0 aromatic heterocycles. The molecule has 0 N–H and O–H groups in total. The second-order valence-electron chi connectivity index (χ2n) is 3.97. The van der Waals surface area contributed by atoms with Gasteiger partial charge in [-0.1, -0.05) is 18.2 Å². The molecule has 1 nitrogen and oxygen atoms in total. The topological polar surface area (TPSA) is 9.23 Å². The van der Waals surface area contributed by atoms with Crippen LogP contribution in [0.3, 0.4) is 0 Å². The molecule has 64 valence electrons. The van der Waals surface area contributed by atoms with Gasteiger partial charge in [0.2, 0.25) is 8.32 Å². The third-order valence-corrected chi connectivity index (χ3v) is 4.58. The Balaban J connectivity index is 2.35. The number of fused-ring (bicyclic) bond motifs is 1. The maximum Gasteiger partial charge on any atom is 0.245 e. The molecule has 0 radical (unpaired) electrons. The lowest BCUT2D eigenvalue weighted by atomic mass is 10.1. The highest BCUT2D eigenvalue weighted by molar-refractivity contribution is 6.72. The van der Waals surface area contributed by atoms with E-state index in [1.165, 1.54) is 18.0 Å². The van der Waals surface area contributed by atoms with Crippen LogP contribution in [0, 0.1) is 0 Å². The van der Waals surface area contributed by atoms with Gasteiger partial charge < -0.3 is 4.43 Å². The molecule has 0 saturated heterocycles. The zero-order valence-corrected chi connectivity index (χ0v) is 8.63. The average Bonchev–Trinajstić information content (AvgIpc) is 2.02. The monoisotopic (exact) mass is 178 g/mol. The van der Waals surface area contributed by atoms with Crippen molar-refractivity contribution >= 4 is 8.32 Å². The van der Waals surface area contributed by atoms with Gasteiger partial charge in [-0.2, -0.15) is 0 Å². The molecule has 1 heterocycles. The molecule has 0 aliphatic carbocycles. The molecule has 0 atom stereocenters. The summed E-state index contributed by atoms with van der Waals surface area (Å²) in [5.41, 5.74) is 1.38. The minimum Gasteiger partial charge on any atom is -0.544 e. The van der Waals surface area contributed by atoms with Gasteiger partial charge in [0, 0.05) is 0 Å². The van der Waals surface area contributed by atoms with Crippen LogP contribution in [0.2, 0.25) is 19.1 Å². The molecule has 0 saturated carbocycles. The summed E-state index contributed by atoms with van der Waals surface area (Å²) in [5.74, 6) is 1.13. The minimum atomic E-state index is -1.34. The largest absolute Gasteiger partial charge is 0.544 e. The lowest BCUT2D eigenvalue weighted by Crippen LogP contribution is -2.37. The number of benzene rings is 1. The number of rotatable bonds is 0. The average molecular weight is 178 g/mol. The molecule has 1 aromatic rings. The fraction of sp³-hybridized carbons (Fsp3) is 0.400. The summed E-state index contributed by atoms with van der Waals surface area (Å²) < 4.78 is 5.96. The highest BCUT2D eigenvalue weighted by atomic mass is 28.4. The molecule has 2 heteroatoms. The molecular formula is C10H14OSi. The zero-order valence-electron chi connectivity index (χ0n) is 7.63. The number of aryl methyl sites for hydroxylation is 1. The molecule has 0 amide bonds. The Labute approximate surface area is 74.5 Å². The molecule has 1 aliphatic rings. The van der Waals surface area contributed by atoms with Gasteiger partial charge in [0.25, 0.3) is 0 Å². The summed E-state index contributed by atoms with van der Waals surface area (Å²) in [6.07, 6.45) is 1.20. The van der Waals surface area contributed by atoms with E-state index in [9.17, 15) is 0 Å². The summed E-state index contributed by atoms with van der Waals surface area (Å²) in [5, 5.41) is 0. The smallest absolute Gasteiger partial charge is 0.245 e. The van der Waals surface area contributed by atoms with E-state index in [0.29, 0.717) is 0 Å². The van der Waals surface area contributed by atoms with Gasteiger partial charge in [-0.05, 0) is 37.2 Å². The normalized spacial score (nSPS) is 19.5. The van der Waals surface area contributed by atoms with Crippen molar-refractivity contribution < 1.29 is 4.43 Å². The molecule has 0 unspecified atom stereocenters. The van der Waals surface area contributed by atoms with E-state index in [1.54, 1.807) is 0 Å². The molecule has 0 bridgehead atoms. The van der Waals surface area contributed by atoms with Crippen LogP contribution in [-0.4, -0.2) is 8.32 Å². The quantitative estimate of drug-likeness (QED) is 0.555. The van der Waals surface area contributed by atoms with Gasteiger partial charge in [0.05, 0.1) is 0 Å². The van der Waals surface area contributed by atoms with E-state index in [0.717, 1.165) is 5.75 Å². The first-order valence-corrected chi connectivity index (χ1v) is 7.56. The van der Waals surface area contributed by atoms with Crippen LogP contribution in [0.1, 0.15) is 5.56 Å². The van der Waals surface area contributed by atoms with Crippen molar-refractivity contribution in [2.24, 2.45) is 0 Å². The van der Waals surface area contributed by atoms with Crippen molar-refractivity contribution in [2.45, 2.75) is 25.6 Å². The molecule has 0 spiro atoms. The first kappa shape index (κ1) is 7.86. The number of hydrogen-bond acceptors (Lipinski definition) is 1.